The number of imidazole rings is 1. The van der Waals surface area contributed by atoms with Gasteiger partial charge in [-0.15, -0.1) is 11.3 Å². The number of amides is 2. The molecular formula is C29H28F2N6O3S. The summed E-state index contributed by atoms with van der Waals surface area (Å²) in [5.74, 6) is -0.154. The smallest absolute Gasteiger partial charge is 0.323 e. The number of carbonyl (C=O) groups excluding carboxylic acids is 1. The molecule has 3 heterocycles. The summed E-state index contributed by atoms with van der Waals surface area (Å²) in [7, 11) is 3.65. The first kappa shape index (κ1) is 28.1. The summed E-state index contributed by atoms with van der Waals surface area (Å²) in [5.41, 5.74) is 3.37. The number of hydrogen-bond acceptors (Lipinski definition) is 7. The molecule has 212 valence electrons. The lowest BCUT2D eigenvalue weighted by atomic mass is 10.2. The molecule has 0 bridgehead atoms. The Morgan fingerprint density at radius 1 is 1.02 bits per heavy atom. The van der Waals surface area contributed by atoms with Crippen LogP contribution in [-0.4, -0.2) is 40.8 Å². The molecule has 2 amide bonds. The average molecular weight is 579 g/mol. The molecule has 0 spiro atoms. The molecule has 12 heteroatoms. The van der Waals surface area contributed by atoms with Crippen LogP contribution in [0.15, 0.2) is 67.0 Å². The molecule has 0 radical (unpaired) electrons. The van der Waals surface area contributed by atoms with Gasteiger partial charge in [0.1, 0.15) is 18.2 Å². The van der Waals surface area contributed by atoms with Crippen molar-refractivity contribution in [3.05, 3.63) is 89.9 Å². The van der Waals surface area contributed by atoms with Crippen molar-refractivity contribution in [1.29, 1.82) is 0 Å². The summed E-state index contributed by atoms with van der Waals surface area (Å²) in [6.07, 6.45) is 3.55. The molecule has 3 N–H and O–H groups in total. The van der Waals surface area contributed by atoms with Crippen LogP contribution in [0.2, 0.25) is 0 Å². The fourth-order valence-electron chi connectivity index (χ4n) is 4.12. The number of rotatable bonds is 11. The van der Waals surface area contributed by atoms with Gasteiger partial charge in [0.25, 0.3) is 0 Å². The van der Waals surface area contributed by atoms with Crippen molar-refractivity contribution in [2.75, 3.05) is 30.9 Å². The third-order valence-corrected chi connectivity index (χ3v) is 7.46. The van der Waals surface area contributed by atoms with E-state index >= 15 is 0 Å². The molecule has 5 rings (SSSR count). The van der Waals surface area contributed by atoms with E-state index in [1.54, 1.807) is 24.6 Å². The first-order valence-corrected chi connectivity index (χ1v) is 13.6. The first-order chi connectivity index (χ1) is 19.9. The van der Waals surface area contributed by atoms with E-state index in [0.717, 1.165) is 38.7 Å². The van der Waals surface area contributed by atoms with Crippen molar-refractivity contribution in [2.24, 2.45) is 7.05 Å². The van der Waals surface area contributed by atoms with Crippen LogP contribution in [0.1, 0.15) is 11.3 Å². The Hall–Kier alpha value is -4.39. The van der Waals surface area contributed by atoms with Crippen molar-refractivity contribution in [2.45, 2.75) is 13.2 Å². The Morgan fingerprint density at radius 2 is 1.80 bits per heavy atom. The van der Waals surface area contributed by atoms with Gasteiger partial charge in [0.2, 0.25) is 0 Å². The van der Waals surface area contributed by atoms with Gasteiger partial charge in [-0.05, 0) is 48.5 Å². The topological polar surface area (TPSA) is 102 Å². The lowest BCUT2D eigenvalue weighted by Gasteiger charge is -2.11. The lowest BCUT2D eigenvalue weighted by Crippen LogP contribution is -2.20. The number of halogens is 2. The maximum absolute atomic E-state index is 14.8. The van der Waals surface area contributed by atoms with E-state index in [4.69, 9.17) is 9.47 Å². The highest BCUT2D eigenvalue weighted by Crippen LogP contribution is 2.34. The summed E-state index contributed by atoms with van der Waals surface area (Å²) in [6.45, 7) is 2.19. The van der Waals surface area contributed by atoms with Crippen LogP contribution in [0.25, 0.3) is 20.9 Å². The Balaban J connectivity index is 1.24. The minimum Gasteiger partial charge on any atom is -0.486 e. The second kappa shape index (κ2) is 12.9. The fourth-order valence-corrected chi connectivity index (χ4v) is 5.27. The molecule has 41 heavy (non-hydrogen) atoms. The minimum atomic E-state index is -0.624. The largest absolute Gasteiger partial charge is 0.486 e. The van der Waals surface area contributed by atoms with Gasteiger partial charge < -0.3 is 30.0 Å². The van der Waals surface area contributed by atoms with Crippen molar-refractivity contribution < 1.29 is 23.0 Å². The number of anilines is 2. The number of methoxy groups -OCH3 is 1. The summed E-state index contributed by atoms with van der Waals surface area (Å²) < 4.78 is 41.7. The number of pyridine rings is 1. The van der Waals surface area contributed by atoms with Crippen LogP contribution in [0, 0.1) is 11.6 Å². The van der Waals surface area contributed by atoms with Crippen molar-refractivity contribution in [3.63, 3.8) is 0 Å². The maximum Gasteiger partial charge on any atom is 0.323 e. The van der Waals surface area contributed by atoms with Gasteiger partial charge in [0.15, 0.2) is 11.6 Å². The number of benzene rings is 2. The number of carbonyl (C=O) groups is 1. The van der Waals surface area contributed by atoms with E-state index in [1.807, 2.05) is 29.9 Å². The van der Waals surface area contributed by atoms with Crippen molar-refractivity contribution >= 4 is 39.0 Å². The Bertz CT molecular complexity index is 1650. The van der Waals surface area contributed by atoms with Gasteiger partial charge in [-0.25, -0.2) is 18.6 Å². The number of nitrogens with one attached hydrogen (secondary N) is 3. The number of fused-ring (bicyclic) bond motifs is 1. The lowest BCUT2D eigenvalue weighted by molar-refractivity contribution is 0.199. The van der Waals surface area contributed by atoms with Gasteiger partial charge in [0.05, 0.1) is 33.6 Å². The highest BCUT2D eigenvalue weighted by Gasteiger charge is 2.15. The third-order valence-electron chi connectivity index (χ3n) is 6.26. The zero-order valence-corrected chi connectivity index (χ0v) is 23.2. The number of hydrogen-bond donors (Lipinski definition) is 3. The summed E-state index contributed by atoms with van der Waals surface area (Å²) in [4.78, 5) is 22.3. The third kappa shape index (κ3) is 6.85. The summed E-state index contributed by atoms with van der Waals surface area (Å²) >= 11 is 1.55. The van der Waals surface area contributed by atoms with Crippen LogP contribution < -0.4 is 20.7 Å². The molecule has 0 aliphatic carbocycles. The predicted molar refractivity (Wildman–Crippen MR) is 155 cm³/mol. The molecule has 3 aromatic heterocycles. The molecule has 0 saturated heterocycles. The van der Waals surface area contributed by atoms with Gasteiger partial charge in [0, 0.05) is 56.4 Å². The molecule has 0 aliphatic rings. The van der Waals surface area contributed by atoms with Crippen LogP contribution in [0.4, 0.5) is 25.0 Å². The normalized spacial score (nSPS) is 11.1. The van der Waals surface area contributed by atoms with Crippen molar-refractivity contribution in [1.82, 2.24) is 19.9 Å². The van der Waals surface area contributed by atoms with Gasteiger partial charge in [-0.1, -0.05) is 0 Å². The molecule has 9 nitrogen and oxygen atoms in total. The molecular weight excluding hydrogens is 550 g/mol. The highest BCUT2D eigenvalue weighted by molar-refractivity contribution is 7.22. The van der Waals surface area contributed by atoms with Crippen LogP contribution in [-0.2, 0) is 24.9 Å². The molecule has 2 aromatic carbocycles. The maximum atomic E-state index is 14.8. The van der Waals surface area contributed by atoms with E-state index < -0.39 is 17.7 Å². The number of thiophene rings is 1. The molecule has 0 aliphatic heterocycles. The number of ether oxygens (including phenoxy) is 2. The van der Waals surface area contributed by atoms with Gasteiger partial charge >= 0.3 is 6.03 Å². The number of nitrogens with zero attached hydrogens (tertiary/aromatic N) is 3. The van der Waals surface area contributed by atoms with Crippen molar-refractivity contribution in [3.8, 4) is 16.5 Å². The monoisotopic (exact) mass is 578 g/mol. The summed E-state index contributed by atoms with van der Waals surface area (Å²) in [5, 5.41) is 8.44. The number of urea groups is 1. The minimum absolute atomic E-state index is 0.0472. The van der Waals surface area contributed by atoms with Gasteiger partial charge in [-0.3, -0.25) is 4.98 Å². The zero-order chi connectivity index (χ0) is 28.8. The van der Waals surface area contributed by atoms with E-state index in [2.05, 4.69) is 25.9 Å². The molecule has 0 saturated carbocycles. The second-order valence-corrected chi connectivity index (χ2v) is 10.2. The Labute approximate surface area is 239 Å². The SMILES string of the molecule is COCCNCc1cnc(-c2cc3nccc(COc4ccc(NC(=O)Nc5ccc(F)cc5)cc4F)c3s2)n1C. The zero-order valence-electron chi connectivity index (χ0n) is 22.4. The molecule has 0 atom stereocenters. The van der Waals surface area contributed by atoms with E-state index in [9.17, 15) is 13.6 Å². The fraction of sp³-hybridized carbons (Fsp3) is 0.207. The second-order valence-electron chi connectivity index (χ2n) is 9.12. The Kier molecular flexibility index (Phi) is 8.82. The molecule has 0 fully saturated rings. The number of aromatic nitrogens is 3. The standard InChI is InChI=1S/C29H28F2N6O3S/c1-37-22(15-32-11-12-39-2)16-34-28(37)26-14-24-27(41-26)18(9-10-33-24)17-40-25-8-7-21(13-23(25)31)36-29(38)35-20-5-3-19(30)4-6-20/h3-10,13-14,16,32H,11-12,15,17H2,1-2H3,(H2,35,36,38). The quantitative estimate of drug-likeness (QED) is 0.168. The Morgan fingerprint density at radius 3 is 2.59 bits per heavy atom. The van der Waals surface area contributed by atoms with Crippen LogP contribution >= 0.6 is 11.3 Å². The molecule has 0 unspecified atom stereocenters. The van der Waals surface area contributed by atoms with Crippen LogP contribution in [0.3, 0.4) is 0 Å². The van der Waals surface area contributed by atoms with E-state index in [-0.39, 0.29) is 18.0 Å². The van der Waals surface area contributed by atoms with Gasteiger partial charge in [-0.2, -0.15) is 0 Å². The first-order valence-electron chi connectivity index (χ1n) is 12.7. The predicted octanol–water partition coefficient (Wildman–Crippen LogP) is 5.93. The highest BCUT2D eigenvalue weighted by atomic mass is 32.1. The van der Waals surface area contributed by atoms with E-state index in [0.29, 0.717) is 18.8 Å². The summed E-state index contributed by atoms with van der Waals surface area (Å²) in [6, 6.07) is 12.7. The molecule has 5 aromatic rings. The average Bonchev–Trinajstić information content (AvgIpc) is 3.55. The van der Waals surface area contributed by atoms with Crippen LogP contribution in [0.5, 0.6) is 5.75 Å². The van der Waals surface area contributed by atoms with E-state index in [1.165, 1.54) is 42.5 Å².